The molecule has 0 radical (unpaired) electrons. The molecule has 68 heavy (non-hydrogen) atoms. The minimum atomic E-state index is -0.767. The third kappa shape index (κ3) is 54.8. The van der Waals surface area contributed by atoms with Gasteiger partial charge in [0.15, 0.2) is 6.10 Å². The molecule has 6 heteroatoms. The van der Waals surface area contributed by atoms with Gasteiger partial charge in [0, 0.05) is 19.3 Å². The van der Waals surface area contributed by atoms with Crippen LogP contribution in [0.2, 0.25) is 0 Å². The molecule has 6 nitrogen and oxygen atoms in total. The first-order valence-corrected chi connectivity index (χ1v) is 30.3. The average molecular weight is 958 g/mol. The first-order chi connectivity index (χ1) is 33.5. The molecule has 0 heterocycles. The van der Waals surface area contributed by atoms with Crippen molar-refractivity contribution in [2.45, 2.75) is 341 Å². The van der Waals surface area contributed by atoms with Crippen LogP contribution in [0.1, 0.15) is 335 Å². The lowest BCUT2D eigenvalue weighted by molar-refractivity contribution is -0.167. The van der Waals surface area contributed by atoms with Gasteiger partial charge in [0.25, 0.3) is 0 Å². The van der Waals surface area contributed by atoms with E-state index in [0.29, 0.717) is 19.3 Å². The Hall–Kier alpha value is -2.11. The van der Waals surface area contributed by atoms with E-state index in [9.17, 15) is 14.4 Å². The van der Waals surface area contributed by atoms with E-state index in [4.69, 9.17) is 14.2 Å². The van der Waals surface area contributed by atoms with E-state index >= 15 is 0 Å². The van der Waals surface area contributed by atoms with E-state index in [2.05, 4.69) is 45.1 Å². The highest BCUT2D eigenvalue weighted by molar-refractivity contribution is 5.71. The molecular weight excluding hydrogens is 841 g/mol. The first kappa shape index (κ1) is 65.9. The summed E-state index contributed by atoms with van der Waals surface area (Å²) in [6.45, 7) is 6.60. The van der Waals surface area contributed by atoms with Crippen molar-refractivity contribution >= 4 is 17.9 Å². The van der Waals surface area contributed by atoms with Crippen LogP contribution in [0.3, 0.4) is 0 Å². The summed E-state index contributed by atoms with van der Waals surface area (Å²) in [5, 5.41) is 0. The van der Waals surface area contributed by atoms with Gasteiger partial charge in [-0.15, -0.1) is 0 Å². The van der Waals surface area contributed by atoms with Crippen LogP contribution >= 0.6 is 0 Å². The van der Waals surface area contributed by atoms with Crippen LogP contribution < -0.4 is 0 Å². The summed E-state index contributed by atoms with van der Waals surface area (Å²) in [5.74, 6) is -0.867. The Labute approximate surface area is 423 Å². The van der Waals surface area contributed by atoms with Crippen LogP contribution in [0, 0.1) is 0 Å². The van der Waals surface area contributed by atoms with Crippen LogP contribution in [-0.4, -0.2) is 37.2 Å². The molecule has 1 unspecified atom stereocenters. The minimum Gasteiger partial charge on any atom is -0.462 e. The highest BCUT2D eigenvalue weighted by Gasteiger charge is 2.19. The molecule has 0 aliphatic heterocycles. The van der Waals surface area contributed by atoms with Crippen molar-refractivity contribution in [3.8, 4) is 0 Å². The molecule has 0 aromatic carbocycles. The van der Waals surface area contributed by atoms with Crippen molar-refractivity contribution in [1.29, 1.82) is 0 Å². The molecule has 0 rings (SSSR count). The Bertz CT molecular complexity index is 1100. The molecule has 1 atom stereocenters. The standard InChI is InChI=1S/C62H116O6/c1-4-7-10-13-15-17-19-21-23-25-27-29-30-31-33-34-36-38-40-42-44-46-49-52-55-61(64)67-58-59(57-66-60(63)54-51-48-12-9-6-3)68-62(65)56-53-50-47-45-43-41-39-37-35-32-28-26-24-22-20-18-16-14-11-8-5-2/h20,22,26,28,59H,4-19,21,23-25,27,29-58H2,1-3H3/b22-20-,28-26-. The van der Waals surface area contributed by atoms with E-state index in [-0.39, 0.29) is 31.1 Å². The molecule has 0 N–H and O–H groups in total. The van der Waals surface area contributed by atoms with Crippen molar-refractivity contribution in [3.63, 3.8) is 0 Å². The van der Waals surface area contributed by atoms with Crippen LogP contribution in [0.4, 0.5) is 0 Å². The molecule has 0 amide bonds. The maximum atomic E-state index is 12.8. The summed E-state index contributed by atoms with van der Waals surface area (Å²) in [6, 6.07) is 0. The fourth-order valence-electron chi connectivity index (χ4n) is 9.12. The summed E-state index contributed by atoms with van der Waals surface area (Å²) in [4.78, 5) is 37.8. The Morgan fingerprint density at radius 3 is 0.809 bits per heavy atom. The molecule has 0 bridgehead atoms. The molecule has 0 saturated heterocycles. The highest BCUT2D eigenvalue weighted by Crippen LogP contribution is 2.17. The Morgan fingerprint density at radius 1 is 0.294 bits per heavy atom. The fraction of sp³-hybridized carbons (Fsp3) is 0.887. The van der Waals surface area contributed by atoms with E-state index in [1.165, 1.54) is 225 Å². The summed E-state index contributed by atoms with van der Waals surface area (Å²) in [6.07, 6.45) is 68.0. The number of carbonyl (C=O) groups is 3. The normalized spacial score (nSPS) is 12.1. The molecular formula is C62H116O6. The zero-order valence-corrected chi connectivity index (χ0v) is 45.9. The molecule has 0 fully saturated rings. The average Bonchev–Trinajstić information content (AvgIpc) is 3.34. The van der Waals surface area contributed by atoms with Gasteiger partial charge in [0.2, 0.25) is 0 Å². The van der Waals surface area contributed by atoms with Gasteiger partial charge in [0.05, 0.1) is 0 Å². The molecule has 0 aromatic heterocycles. The molecule has 0 spiro atoms. The lowest BCUT2D eigenvalue weighted by Gasteiger charge is -2.18. The second kappa shape index (κ2) is 57.5. The number of esters is 3. The van der Waals surface area contributed by atoms with Crippen molar-refractivity contribution in [2.75, 3.05) is 13.2 Å². The van der Waals surface area contributed by atoms with Crippen LogP contribution in [0.5, 0.6) is 0 Å². The SMILES string of the molecule is CCCCCCC/C=C\C/C=C\CCCCCCCCCCCC(=O)OC(COC(=O)CCCCCCC)COC(=O)CCCCCCCCCCCCCCCCCCCCCCCCCC. The van der Waals surface area contributed by atoms with Gasteiger partial charge in [-0.25, -0.2) is 0 Å². The second-order valence-electron chi connectivity index (χ2n) is 20.6. The van der Waals surface area contributed by atoms with Crippen molar-refractivity contribution in [3.05, 3.63) is 24.3 Å². The van der Waals surface area contributed by atoms with Gasteiger partial charge in [-0.1, -0.05) is 289 Å². The third-order valence-corrected chi connectivity index (χ3v) is 13.7. The number of carbonyl (C=O) groups excluding carboxylic acids is 3. The number of hydrogen-bond acceptors (Lipinski definition) is 6. The van der Waals surface area contributed by atoms with Gasteiger partial charge >= 0.3 is 17.9 Å². The van der Waals surface area contributed by atoms with Crippen LogP contribution in [0.15, 0.2) is 24.3 Å². The quantitative estimate of drug-likeness (QED) is 0.0262. The van der Waals surface area contributed by atoms with Gasteiger partial charge < -0.3 is 14.2 Å². The van der Waals surface area contributed by atoms with E-state index in [0.717, 1.165) is 70.6 Å². The second-order valence-corrected chi connectivity index (χ2v) is 20.6. The van der Waals surface area contributed by atoms with E-state index < -0.39 is 6.10 Å². The summed E-state index contributed by atoms with van der Waals surface area (Å²) >= 11 is 0. The van der Waals surface area contributed by atoms with Gasteiger partial charge in [-0.2, -0.15) is 0 Å². The lowest BCUT2D eigenvalue weighted by atomic mass is 10.0. The van der Waals surface area contributed by atoms with Crippen molar-refractivity contribution in [2.24, 2.45) is 0 Å². The number of rotatable bonds is 56. The predicted molar refractivity (Wildman–Crippen MR) is 293 cm³/mol. The molecule has 0 saturated carbocycles. The van der Waals surface area contributed by atoms with Crippen molar-refractivity contribution < 1.29 is 28.6 Å². The molecule has 0 aromatic rings. The highest BCUT2D eigenvalue weighted by atomic mass is 16.6. The molecule has 0 aliphatic rings. The maximum absolute atomic E-state index is 12.8. The Morgan fingerprint density at radius 2 is 0.529 bits per heavy atom. The summed E-state index contributed by atoms with van der Waals surface area (Å²) in [5.41, 5.74) is 0. The number of allylic oxidation sites excluding steroid dienone is 4. The minimum absolute atomic E-state index is 0.0688. The summed E-state index contributed by atoms with van der Waals surface area (Å²) < 4.78 is 16.8. The topological polar surface area (TPSA) is 78.9 Å². The van der Waals surface area contributed by atoms with E-state index in [1.807, 2.05) is 0 Å². The van der Waals surface area contributed by atoms with Gasteiger partial charge in [0.1, 0.15) is 13.2 Å². The lowest BCUT2D eigenvalue weighted by Crippen LogP contribution is -2.30. The number of hydrogen-bond donors (Lipinski definition) is 0. The van der Waals surface area contributed by atoms with E-state index in [1.54, 1.807) is 0 Å². The largest absolute Gasteiger partial charge is 0.462 e. The smallest absolute Gasteiger partial charge is 0.306 e. The summed E-state index contributed by atoms with van der Waals surface area (Å²) in [7, 11) is 0. The maximum Gasteiger partial charge on any atom is 0.306 e. The van der Waals surface area contributed by atoms with Gasteiger partial charge in [-0.05, 0) is 51.4 Å². The Balaban J connectivity index is 4.02. The fourth-order valence-corrected chi connectivity index (χ4v) is 9.12. The third-order valence-electron chi connectivity index (χ3n) is 13.7. The van der Waals surface area contributed by atoms with Crippen molar-refractivity contribution in [1.82, 2.24) is 0 Å². The Kier molecular flexibility index (Phi) is 55.7. The van der Waals surface area contributed by atoms with Gasteiger partial charge in [-0.3, -0.25) is 14.4 Å². The molecule has 0 aliphatic carbocycles. The zero-order chi connectivity index (χ0) is 49.3. The predicted octanol–water partition coefficient (Wildman–Crippen LogP) is 20.3. The number of unbranched alkanes of at least 4 members (excludes halogenated alkanes) is 41. The van der Waals surface area contributed by atoms with Crippen LogP contribution in [-0.2, 0) is 28.6 Å². The zero-order valence-electron chi connectivity index (χ0n) is 45.9. The number of ether oxygens (including phenoxy) is 3. The monoisotopic (exact) mass is 957 g/mol. The van der Waals surface area contributed by atoms with Crippen LogP contribution in [0.25, 0.3) is 0 Å². The first-order valence-electron chi connectivity index (χ1n) is 30.3. The molecule has 400 valence electrons.